The lowest BCUT2D eigenvalue weighted by Gasteiger charge is -2.24. The molecule has 0 amide bonds. The number of aryl methyl sites for hydroxylation is 2. The van der Waals surface area contributed by atoms with Crippen LogP contribution in [0.25, 0.3) is 0 Å². The lowest BCUT2D eigenvalue weighted by atomic mass is 10.2. The highest BCUT2D eigenvalue weighted by Crippen LogP contribution is 2.18. The number of rotatable bonds is 9. The van der Waals surface area contributed by atoms with Gasteiger partial charge in [0, 0.05) is 22.8 Å². The van der Waals surface area contributed by atoms with Gasteiger partial charge in [0.2, 0.25) is 0 Å². The topological polar surface area (TPSA) is 32.7 Å². The van der Waals surface area contributed by atoms with Crippen molar-refractivity contribution >= 4 is 11.3 Å². The third kappa shape index (κ3) is 5.98. The summed E-state index contributed by atoms with van der Waals surface area (Å²) >= 11 is 1.83. The minimum Gasteiger partial charge on any atom is -0.491 e. The Bertz CT molecular complexity index is 597. The molecule has 0 radical (unpaired) electrons. The van der Waals surface area contributed by atoms with Crippen LogP contribution in [0, 0.1) is 13.8 Å². The van der Waals surface area contributed by atoms with Gasteiger partial charge in [-0.3, -0.25) is 4.90 Å². The van der Waals surface area contributed by atoms with Gasteiger partial charge in [0.1, 0.15) is 18.5 Å². The number of nitrogens with zero attached hydrogens (tertiary/aromatic N) is 1. The number of ether oxygens (including phenoxy) is 1. The summed E-state index contributed by atoms with van der Waals surface area (Å²) in [6, 6.07) is 12.2. The monoisotopic (exact) mass is 333 g/mol. The first-order chi connectivity index (χ1) is 11.1. The summed E-state index contributed by atoms with van der Waals surface area (Å²) in [6.07, 6.45) is 0.595. The number of aliphatic hydroxyl groups excluding tert-OH is 1. The molecule has 4 heteroatoms. The average molecular weight is 333 g/mol. The van der Waals surface area contributed by atoms with Crippen LogP contribution in [-0.2, 0) is 6.54 Å². The highest BCUT2D eigenvalue weighted by atomic mass is 32.1. The van der Waals surface area contributed by atoms with E-state index in [1.54, 1.807) is 0 Å². The molecule has 0 saturated carbocycles. The van der Waals surface area contributed by atoms with E-state index < -0.39 is 6.10 Å². The maximum absolute atomic E-state index is 10.3. The molecule has 0 aliphatic heterocycles. The van der Waals surface area contributed by atoms with Crippen LogP contribution in [0.15, 0.2) is 36.4 Å². The lowest BCUT2D eigenvalue weighted by Crippen LogP contribution is -2.35. The molecular formula is C19H27NO2S. The van der Waals surface area contributed by atoms with E-state index >= 15 is 0 Å². The van der Waals surface area contributed by atoms with Crippen LogP contribution in [0.1, 0.15) is 28.7 Å². The van der Waals surface area contributed by atoms with Crippen molar-refractivity contribution in [2.24, 2.45) is 0 Å². The normalized spacial score (nSPS) is 12.6. The minimum absolute atomic E-state index is 0.328. The number of thiophene rings is 1. The van der Waals surface area contributed by atoms with Gasteiger partial charge in [0.05, 0.1) is 0 Å². The standard InChI is InChI=1S/C19H27NO2S/c1-4-11-20(13-18-10-9-16(3)23-18)12-17(21)14-22-19-8-6-5-7-15(19)2/h5-10,17,21H,4,11-14H2,1-3H3. The molecule has 3 nitrogen and oxygen atoms in total. The number of hydrogen-bond donors (Lipinski definition) is 1. The predicted octanol–water partition coefficient (Wildman–Crippen LogP) is 4.02. The van der Waals surface area contributed by atoms with Crippen molar-refractivity contribution in [3.63, 3.8) is 0 Å². The number of para-hydroxylation sites is 1. The SMILES string of the molecule is CCCN(Cc1ccc(C)s1)CC(O)COc1ccccc1C. The molecule has 1 atom stereocenters. The summed E-state index contributed by atoms with van der Waals surface area (Å²) in [5.41, 5.74) is 1.10. The Kier molecular flexibility index (Phi) is 7.09. The second-order valence-corrected chi connectivity index (χ2v) is 7.35. The molecule has 126 valence electrons. The van der Waals surface area contributed by atoms with Crippen LogP contribution < -0.4 is 4.74 Å². The van der Waals surface area contributed by atoms with Gasteiger partial charge in [-0.15, -0.1) is 11.3 Å². The van der Waals surface area contributed by atoms with Gasteiger partial charge >= 0.3 is 0 Å². The molecule has 2 rings (SSSR count). The second kappa shape index (κ2) is 9.06. The van der Waals surface area contributed by atoms with Crippen molar-refractivity contribution in [2.45, 2.75) is 39.8 Å². The van der Waals surface area contributed by atoms with Crippen molar-refractivity contribution in [2.75, 3.05) is 19.7 Å². The Morgan fingerprint density at radius 3 is 2.61 bits per heavy atom. The van der Waals surface area contributed by atoms with Crippen LogP contribution >= 0.6 is 11.3 Å². The van der Waals surface area contributed by atoms with E-state index in [1.807, 2.05) is 42.5 Å². The van der Waals surface area contributed by atoms with E-state index in [1.165, 1.54) is 9.75 Å². The fourth-order valence-corrected chi connectivity index (χ4v) is 3.53. The maximum atomic E-state index is 10.3. The van der Waals surface area contributed by atoms with Gasteiger partial charge < -0.3 is 9.84 Å². The van der Waals surface area contributed by atoms with E-state index in [0.717, 1.165) is 30.8 Å². The van der Waals surface area contributed by atoms with E-state index in [4.69, 9.17) is 4.74 Å². The van der Waals surface area contributed by atoms with Gasteiger partial charge in [0.15, 0.2) is 0 Å². The van der Waals surface area contributed by atoms with Crippen molar-refractivity contribution in [1.82, 2.24) is 4.90 Å². The highest BCUT2D eigenvalue weighted by Gasteiger charge is 2.13. The quantitative estimate of drug-likeness (QED) is 0.752. The third-order valence-electron chi connectivity index (χ3n) is 3.71. The third-order valence-corrected chi connectivity index (χ3v) is 4.69. The summed E-state index contributed by atoms with van der Waals surface area (Å²) < 4.78 is 5.76. The van der Waals surface area contributed by atoms with Crippen LogP contribution in [0.2, 0.25) is 0 Å². The number of hydrogen-bond acceptors (Lipinski definition) is 4. The molecule has 1 unspecified atom stereocenters. The molecule has 0 aliphatic carbocycles. The Hall–Kier alpha value is -1.36. The molecule has 2 aromatic rings. The molecule has 0 spiro atoms. The highest BCUT2D eigenvalue weighted by molar-refractivity contribution is 7.11. The summed E-state index contributed by atoms with van der Waals surface area (Å²) in [4.78, 5) is 4.99. The first-order valence-corrected chi connectivity index (χ1v) is 9.04. The molecule has 1 heterocycles. The van der Waals surface area contributed by atoms with Crippen LogP contribution in [0.5, 0.6) is 5.75 Å². The molecule has 1 aromatic carbocycles. The van der Waals surface area contributed by atoms with E-state index in [2.05, 4.69) is 30.9 Å². The molecule has 0 fully saturated rings. The van der Waals surface area contributed by atoms with Crippen LogP contribution in [0.3, 0.4) is 0 Å². The zero-order chi connectivity index (χ0) is 16.7. The fraction of sp³-hybridized carbons (Fsp3) is 0.474. The first-order valence-electron chi connectivity index (χ1n) is 8.22. The van der Waals surface area contributed by atoms with Gasteiger partial charge in [-0.25, -0.2) is 0 Å². The smallest absolute Gasteiger partial charge is 0.122 e. The first kappa shape index (κ1) is 18.0. The Labute approximate surface area is 143 Å². The van der Waals surface area contributed by atoms with Crippen molar-refractivity contribution in [3.8, 4) is 5.75 Å². The molecule has 1 N–H and O–H groups in total. The van der Waals surface area contributed by atoms with E-state index in [0.29, 0.717) is 13.2 Å². The predicted molar refractivity (Wildman–Crippen MR) is 97.3 cm³/mol. The van der Waals surface area contributed by atoms with Crippen molar-refractivity contribution < 1.29 is 9.84 Å². The average Bonchev–Trinajstić information content (AvgIpc) is 2.92. The lowest BCUT2D eigenvalue weighted by molar-refractivity contribution is 0.0657. The number of aliphatic hydroxyl groups is 1. The van der Waals surface area contributed by atoms with Gasteiger partial charge in [-0.2, -0.15) is 0 Å². The van der Waals surface area contributed by atoms with Crippen molar-refractivity contribution in [1.29, 1.82) is 0 Å². The summed E-state index contributed by atoms with van der Waals surface area (Å²) in [6.45, 7) is 9.16. The number of benzene rings is 1. The molecule has 23 heavy (non-hydrogen) atoms. The van der Waals surface area contributed by atoms with E-state index in [9.17, 15) is 5.11 Å². The van der Waals surface area contributed by atoms with Crippen LogP contribution in [-0.4, -0.2) is 35.8 Å². The zero-order valence-electron chi connectivity index (χ0n) is 14.3. The molecule has 1 aromatic heterocycles. The summed E-state index contributed by atoms with van der Waals surface area (Å²) in [7, 11) is 0. The summed E-state index contributed by atoms with van der Waals surface area (Å²) in [5.74, 6) is 0.850. The minimum atomic E-state index is -0.484. The van der Waals surface area contributed by atoms with Crippen molar-refractivity contribution in [3.05, 3.63) is 51.7 Å². The largest absolute Gasteiger partial charge is 0.491 e. The Balaban J connectivity index is 1.85. The van der Waals surface area contributed by atoms with E-state index in [-0.39, 0.29) is 0 Å². The molecular weight excluding hydrogens is 306 g/mol. The van der Waals surface area contributed by atoms with Crippen LogP contribution in [0.4, 0.5) is 0 Å². The molecule has 0 saturated heterocycles. The Morgan fingerprint density at radius 1 is 1.17 bits per heavy atom. The van der Waals surface area contributed by atoms with Gasteiger partial charge in [-0.1, -0.05) is 25.1 Å². The van der Waals surface area contributed by atoms with Gasteiger partial charge in [-0.05, 0) is 50.6 Å². The Morgan fingerprint density at radius 2 is 1.96 bits per heavy atom. The fourth-order valence-electron chi connectivity index (χ4n) is 2.60. The second-order valence-electron chi connectivity index (χ2n) is 5.98. The molecule has 0 aliphatic rings. The van der Waals surface area contributed by atoms with Gasteiger partial charge in [0.25, 0.3) is 0 Å². The zero-order valence-corrected chi connectivity index (χ0v) is 15.1. The summed E-state index contributed by atoms with van der Waals surface area (Å²) in [5, 5.41) is 10.3. The maximum Gasteiger partial charge on any atom is 0.122 e. The molecule has 0 bridgehead atoms.